The van der Waals surface area contributed by atoms with E-state index in [2.05, 4.69) is 34.5 Å². The Kier molecular flexibility index (Phi) is 4.76. The van der Waals surface area contributed by atoms with Crippen LogP contribution in [0.5, 0.6) is 0 Å². The Morgan fingerprint density at radius 1 is 1.00 bits per heavy atom. The van der Waals surface area contributed by atoms with Crippen molar-refractivity contribution in [3.63, 3.8) is 0 Å². The minimum atomic E-state index is -0.650. The Morgan fingerprint density at radius 2 is 1.68 bits per heavy atom. The largest absolute Gasteiger partial charge is 0.387 e. The Hall–Kier alpha value is -1.84. The molecule has 2 aromatic rings. The standard InChI is InChI=1S/C19H24N2O/c22-19(15-20-18-10-5-2-6-11-18)12-7-13-21(16-19)14-17-8-3-1-4-9-17/h1-6,8-11,20,22H,7,12-16H2. The molecule has 2 aromatic carbocycles. The van der Waals surface area contributed by atoms with Gasteiger partial charge in [0.15, 0.2) is 0 Å². The van der Waals surface area contributed by atoms with E-state index in [-0.39, 0.29) is 0 Å². The second-order valence-electron chi connectivity index (χ2n) is 6.24. The summed E-state index contributed by atoms with van der Waals surface area (Å²) in [6.45, 7) is 3.29. The van der Waals surface area contributed by atoms with Gasteiger partial charge in [-0.05, 0) is 37.1 Å². The fourth-order valence-corrected chi connectivity index (χ4v) is 3.15. The third-order valence-electron chi connectivity index (χ3n) is 4.28. The highest BCUT2D eigenvalue weighted by atomic mass is 16.3. The summed E-state index contributed by atoms with van der Waals surface area (Å²) < 4.78 is 0. The predicted molar refractivity (Wildman–Crippen MR) is 90.8 cm³/mol. The SMILES string of the molecule is OC1(CNc2ccccc2)CCCN(Cc2ccccc2)C1. The second kappa shape index (κ2) is 6.95. The van der Waals surface area contributed by atoms with E-state index in [0.717, 1.165) is 38.2 Å². The summed E-state index contributed by atoms with van der Waals surface area (Å²) in [7, 11) is 0. The van der Waals surface area contributed by atoms with Crippen LogP contribution in [0.2, 0.25) is 0 Å². The molecule has 1 aliphatic heterocycles. The third-order valence-corrected chi connectivity index (χ3v) is 4.28. The number of piperidine rings is 1. The molecule has 1 aliphatic rings. The van der Waals surface area contributed by atoms with Crippen LogP contribution in [-0.2, 0) is 6.54 Å². The molecule has 3 nitrogen and oxygen atoms in total. The van der Waals surface area contributed by atoms with Gasteiger partial charge in [0.1, 0.15) is 0 Å². The van der Waals surface area contributed by atoms with Crippen LogP contribution in [-0.4, -0.2) is 35.2 Å². The molecule has 0 saturated carbocycles. The maximum atomic E-state index is 10.9. The molecular weight excluding hydrogens is 272 g/mol. The Labute approximate surface area is 132 Å². The Morgan fingerprint density at radius 3 is 2.41 bits per heavy atom. The first kappa shape index (κ1) is 15.1. The van der Waals surface area contributed by atoms with Gasteiger partial charge in [-0.15, -0.1) is 0 Å². The minimum absolute atomic E-state index is 0.600. The zero-order valence-electron chi connectivity index (χ0n) is 12.9. The number of likely N-dealkylation sites (tertiary alicyclic amines) is 1. The van der Waals surface area contributed by atoms with Crippen molar-refractivity contribution in [1.29, 1.82) is 0 Å². The average Bonchev–Trinajstić information content (AvgIpc) is 2.55. The van der Waals surface area contributed by atoms with E-state index in [9.17, 15) is 5.11 Å². The lowest BCUT2D eigenvalue weighted by Crippen LogP contribution is -2.51. The third kappa shape index (κ3) is 4.09. The summed E-state index contributed by atoms with van der Waals surface area (Å²) in [6, 6.07) is 20.6. The smallest absolute Gasteiger partial charge is 0.0945 e. The number of nitrogens with zero attached hydrogens (tertiary/aromatic N) is 1. The summed E-state index contributed by atoms with van der Waals surface area (Å²) in [5.74, 6) is 0. The van der Waals surface area contributed by atoms with Gasteiger partial charge in [-0.3, -0.25) is 4.90 Å². The van der Waals surface area contributed by atoms with E-state index in [4.69, 9.17) is 0 Å². The van der Waals surface area contributed by atoms with Crippen molar-refractivity contribution in [2.24, 2.45) is 0 Å². The van der Waals surface area contributed by atoms with Crippen LogP contribution in [0.3, 0.4) is 0 Å². The minimum Gasteiger partial charge on any atom is -0.387 e. The van der Waals surface area contributed by atoms with Gasteiger partial charge in [-0.1, -0.05) is 48.5 Å². The molecule has 0 aliphatic carbocycles. The van der Waals surface area contributed by atoms with Gasteiger partial charge in [0.25, 0.3) is 0 Å². The first-order valence-electron chi connectivity index (χ1n) is 8.01. The van der Waals surface area contributed by atoms with E-state index in [0.29, 0.717) is 6.54 Å². The number of rotatable bonds is 5. The maximum Gasteiger partial charge on any atom is 0.0945 e. The highest BCUT2D eigenvalue weighted by molar-refractivity contribution is 5.42. The van der Waals surface area contributed by atoms with Gasteiger partial charge in [-0.2, -0.15) is 0 Å². The van der Waals surface area contributed by atoms with Gasteiger partial charge in [0, 0.05) is 25.3 Å². The van der Waals surface area contributed by atoms with Gasteiger partial charge in [-0.25, -0.2) is 0 Å². The van der Waals surface area contributed by atoms with E-state index in [1.54, 1.807) is 0 Å². The van der Waals surface area contributed by atoms with Crippen LogP contribution in [0.1, 0.15) is 18.4 Å². The van der Waals surface area contributed by atoms with E-state index >= 15 is 0 Å². The van der Waals surface area contributed by atoms with Crippen LogP contribution in [0.25, 0.3) is 0 Å². The molecule has 1 saturated heterocycles. The molecule has 1 fully saturated rings. The van der Waals surface area contributed by atoms with Crippen molar-refractivity contribution in [2.75, 3.05) is 25.0 Å². The number of hydrogen-bond donors (Lipinski definition) is 2. The van der Waals surface area contributed by atoms with Crippen molar-refractivity contribution in [3.05, 3.63) is 66.2 Å². The molecule has 1 unspecified atom stereocenters. The van der Waals surface area contributed by atoms with E-state index in [1.165, 1.54) is 5.56 Å². The van der Waals surface area contributed by atoms with Gasteiger partial charge >= 0.3 is 0 Å². The van der Waals surface area contributed by atoms with Crippen LogP contribution >= 0.6 is 0 Å². The number of benzene rings is 2. The predicted octanol–water partition coefficient (Wildman–Crippen LogP) is 3.13. The lowest BCUT2D eigenvalue weighted by molar-refractivity contribution is -0.0226. The van der Waals surface area contributed by atoms with Crippen LogP contribution in [0.15, 0.2) is 60.7 Å². The summed E-state index contributed by atoms with van der Waals surface area (Å²) >= 11 is 0. The molecule has 0 spiro atoms. The molecule has 3 rings (SSSR count). The molecule has 1 atom stereocenters. The van der Waals surface area contributed by atoms with Crippen molar-refractivity contribution in [3.8, 4) is 0 Å². The molecule has 116 valence electrons. The molecule has 0 radical (unpaired) electrons. The van der Waals surface area contributed by atoms with Gasteiger partial charge in [0.2, 0.25) is 0 Å². The first-order chi connectivity index (χ1) is 10.7. The Bertz CT molecular complexity index is 573. The fraction of sp³-hybridized carbons (Fsp3) is 0.368. The average molecular weight is 296 g/mol. The molecule has 3 heteroatoms. The van der Waals surface area contributed by atoms with E-state index < -0.39 is 5.60 Å². The van der Waals surface area contributed by atoms with E-state index in [1.807, 2.05) is 36.4 Å². The summed E-state index contributed by atoms with van der Waals surface area (Å²) in [5, 5.41) is 14.2. The lowest BCUT2D eigenvalue weighted by atomic mass is 9.92. The van der Waals surface area contributed by atoms with Gasteiger partial charge in [0.05, 0.1) is 5.60 Å². The molecular formula is C19H24N2O. The Balaban J connectivity index is 1.57. The topological polar surface area (TPSA) is 35.5 Å². The quantitative estimate of drug-likeness (QED) is 0.890. The molecule has 1 heterocycles. The number of hydrogen-bond acceptors (Lipinski definition) is 3. The summed E-state index contributed by atoms with van der Waals surface area (Å²) in [5.41, 5.74) is 1.72. The second-order valence-corrected chi connectivity index (χ2v) is 6.24. The van der Waals surface area contributed by atoms with Crippen LogP contribution < -0.4 is 5.32 Å². The van der Waals surface area contributed by atoms with Gasteiger partial charge < -0.3 is 10.4 Å². The number of nitrogens with one attached hydrogen (secondary N) is 1. The first-order valence-corrected chi connectivity index (χ1v) is 8.01. The maximum absolute atomic E-state index is 10.9. The molecule has 0 bridgehead atoms. The highest BCUT2D eigenvalue weighted by Crippen LogP contribution is 2.23. The number of para-hydroxylation sites is 1. The lowest BCUT2D eigenvalue weighted by Gasteiger charge is -2.39. The highest BCUT2D eigenvalue weighted by Gasteiger charge is 2.32. The van der Waals surface area contributed by atoms with Crippen molar-refractivity contribution >= 4 is 5.69 Å². The monoisotopic (exact) mass is 296 g/mol. The number of aliphatic hydroxyl groups is 1. The number of anilines is 1. The van der Waals surface area contributed by atoms with Crippen molar-refractivity contribution in [1.82, 2.24) is 4.90 Å². The molecule has 2 N–H and O–H groups in total. The summed E-state index contributed by atoms with van der Waals surface area (Å²) in [4.78, 5) is 2.35. The van der Waals surface area contributed by atoms with Crippen LogP contribution in [0, 0.1) is 0 Å². The van der Waals surface area contributed by atoms with Crippen LogP contribution in [0.4, 0.5) is 5.69 Å². The van der Waals surface area contributed by atoms with Crippen molar-refractivity contribution in [2.45, 2.75) is 25.0 Å². The van der Waals surface area contributed by atoms with Crippen molar-refractivity contribution < 1.29 is 5.11 Å². The molecule has 0 amide bonds. The zero-order chi connectivity index (χ0) is 15.3. The molecule has 0 aromatic heterocycles. The normalized spacial score (nSPS) is 22.4. The zero-order valence-corrected chi connectivity index (χ0v) is 12.9. The summed E-state index contributed by atoms with van der Waals surface area (Å²) in [6.07, 6.45) is 1.90. The molecule has 22 heavy (non-hydrogen) atoms. The number of β-amino-alcohol motifs (C(OH)–C–C–N with tert-alkyl or cyclic N) is 1. The fourth-order valence-electron chi connectivity index (χ4n) is 3.15.